The number of rotatable bonds is 2. The number of nitrogens with two attached hydrogens (primary N) is 1. The van der Waals surface area contributed by atoms with Crippen LogP contribution in [-0.4, -0.2) is 7.11 Å². The average Bonchev–Trinajstić information content (AvgIpc) is 2.38. The normalized spacial score (nSPS) is 16.7. The largest absolute Gasteiger partial charge is 0.359 e. The first-order valence-electron chi connectivity index (χ1n) is 3.05. The first-order chi connectivity index (χ1) is 4.67. The Hall–Kier alpha value is -0.380. The summed E-state index contributed by atoms with van der Waals surface area (Å²) in [7, 11) is 1.61. The Morgan fingerprint density at radius 1 is 1.70 bits per heavy atom. The fourth-order valence-electron chi connectivity index (χ4n) is 0.662. The van der Waals surface area contributed by atoms with E-state index in [1.54, 1.807) is 18.4 Å². The van der Waals surface area contributed by atoms with Crippen molar-refractivity contribution >= 4 is 11.3 Å². The molecule has 2 N–H and O–H groups in total. The molecule has 0 amide bonds. The molecule has 1 rings (SSSR count). The van der Waals surface area contributed by atoms with Crippen molar-refractivity contribution in [2.24, 2.45) is 5.73 Å². The lowest BCUT2D eigenvalue weighted by molar-refractivity contribution is 0.0109. The van der Waals surface area contributed by atoms with Gasteiger partial charge in [0, 0.05) is 7.11 Å². The van der Waals surface area contributed by atoms with E-state index in [1.165, 1.54) is 0 Å². The van der Waals surface area contributed by atoms with Gasteiger partial charge in [-0.25, -0.2) is 0 Å². The fourth-order valence-corrected chi connectivity index (χ4v) is 1.44. The summed E-state index contributed by atoms with van der Waals surface area (Å²) in [5, 5.41) is 1.99. The van der Waals surface area contributed by atoms with Gasteiger partial charge in [0.1, 0.15) is 5.72 Å². The maximum atomic E-state index is 5.77. The van der Waals surface area contributed by atoms with Gasteiger partial charge in [-0.1, -0.05) is 6.07 Å². The van der Waals surface area contributed by atoms with Crippen LogP contribution in [0.1, 0.15) is 11.8 Å². The zero-order chi connectivity index (χ0) is 7.61. The number of ether oxygens (including phenoxy) is 1. The maximum absolute atomic E-state index is 5.77. The van der Waals surface area contributed by atoms with Gasteiger partial charge in [0.15, 0.2) is 0 Å². The molecule has 0 saturated heterocycles. The van der Waals surface area contributed by atoms with Gasteiger partial charge in [-0.15, -0.1) is 11.3 Å². The van der Waals surface area contributed by atoms with Crippen LogP contribution in [0.2, 0.25) is 0 Å². The Morgan fingerprint density at radius 3 is 2.80 bits per heavy atom. The van der Waals surface area contributed by atoms with Crippen LogP contribution in [0.25, 0.3) is 0 Å². The molecule has 0 aromatic carbocycles. The third-order valence-corrected chi connectivity index (χ3v) is 2.52. The van der Waals surface area contributed by atoms with Crippen LogP contribution in [0.15, 0.2) is 17.5 Å². The monoisotopic (exact) mass is 157 g/mol. The molecule has 1 atom stereocenters. The molecule has 1 unspecified atom stereocenters. The topological polar surface area (TPSA) is 35.2 Å². The first kappa shape index (κ1) is 7.72. The summed E-state index contributed by atoms with van der Waals surface area (Å²) in [5.74, 6) is 0. The Bertz CT molecular complexity index is 193. The molecule has 0 bridgehead atoms. The Kier molecular flexibility index (Phi) is 2.08. The molecule has 0 radical (unpaired) electrons. The van der Waals surface area contributed by atoms with Crippen molar-refractivity contribution in [2.45, 2.75) is 12.6 Å². The highest BCUT2D eigenvalue weighted by molar-refractivity contribution is 7.10. The molecule has 1 aromatic heterocycles. The van der Waals surface area contributed by atoms with Crippen LogP contribution >= 0.6 is 11.3 Å². The second-order valence-corrected chi connectivity index (χ2v) is 3.24. The fraction of sp³-hybridized carbons (Fsp3) is 0.429. The van der Waals surface area contributed by atoms with Crippen molar-refractivity contribution in [1.29, 1.82) is 0 Å². The Morgan fingerprint density at radius 2 is 2.40 bits per heavy atom. The van der Waals surface area contributed by atoms with E-state index in [0.29, 0.717) is 0 Å². The molecule has 3 heteroatoms. The minimum absolute atomic E-state index is 0.617. The predicted octanol–water partition coefficient (Wildman–Crippen LogP) is 1.53. The quantitative estimate of drug-likeness (QED) is 0.661. The number of methoxy groups -OCH3 is 1. The van der Waals surface area contributed by atoms with Gasteiger partial charge in [0.2, 0.25) is 0 Å². The van der Waals surface area contributed by atoms with Crippen LogP contribution in [0.4, 0.5) is 0 Å². The highest BCUT2D eigenvalue weighted by atomic mass is 32.1. The van der Waals surface area contributed by atoms with Gasteiger partial charge < -0.3 is 4.74 Å². The minimum Gasteiger partial charge on any atom is -0.359 e. The second kappa shape index (κ2) is 2.70. The summed E-state index contributed by atoms with van der Waals surface area (Å²) in [6.07, 6.45) is 0. The van der Waals surface area contributed by atoms with Crippen LogP contribution in [-0.2, 0) is 10.5 Å². The SMILES string of the molecule is COC(C)(N)c1cccs1. The van der Waals surface area contributed by atoms with Crippen LogP contribution in [0.5, 0.6) is 0 Å². The zero-order valence-corrected chi connectivity index (χ0v) is 6.94. The molecule has 0 aliphatic carbocycles. The zero-order valence-electron chi connectivity index (χ0n) is 6.13. The predicted molar refractivity (Wildman–Crippen MR) is 42.9 cm³/mol. The number of hydrogen-bond acceptors (Lipinski definition) is 3. The summed E-state index contributed by atoms with van der Waals surface area (Å²) in [4.78, 5) is 1.05. The summed E-state index contributed by atoms with van der Waals surface area (Å²) < 4.78 is 5.07. The number of thiophene rings is 1. The van der Waals surface area contributed by atoms with Crippen molar-refractivity contribution in [3.63, 3.8) is 0 Å². The van der Waals surface area contributed by atoms with E-state index in [1.807, 2.05) is 24.4 Å². The summed E-state index contributed by atoms with van der Waals surface area (Å²) in [6, 6.07) is 3.93. The summed E-state index contributed by atoms with van der Waals surface area (Å²) in [5.41, 5.74) is 5.15. The van der Waals surface area contributed by atoms with E-state index in [9.17, 15) is 0 Å². The van der Waals surface area contributed by atoms with Gasteiger partial charge in [-0.3, -0.25) is 5.73 Å². The van der Waals surface area contributed by atoms with E-state index in [2.05, 4.69) is 0 Å². The molecule has 1 aromatic rings. The van der Waals surface area contributed by atoms with Crippen molar-refractivity contribution in [3.05, 3.63) is 22.4 Å². The smallest absolute Gasteiger partial charge is 0.148 e. The van der Waals surface area contributed by atoms with E-state index in [-0.39, 0.29) is 0 Å². The van der Waals surface area contributed by atoms with E-state index in [4.69, 9.17) is 10.5 Å². The van der Waals surface area contributed by atoms with Crippen LogP contribution < -0.4 is 5.73 Å². The highest BCUT2D eigenvalue weighted by Gasteiger charge is 2.20. The molecule has 10 heavy (non-hydrogen) atoms. The van der Waals surface area contributed by atoms with Crippen molar-refractivity contribution in [2.75, 3.05) is 7.11 Å². The summed E-state index contributed by atoms with van der Waals surface area (Å²) >= 11 is 1.60. The third kappa shape index (κ3) is 1.37. The van der Waals surface area contributed by atoms with Gasteiger partial charge in [-0.2, -0.15) is 0 Å². The molecule has 56 valence electrons. The molecule has 2 nitrogen and oxygen atoms in total. The van der Waals surface area contributed by atoms with Crippen molar-refractivity contribution in [3.8, 4) is 0 Å². The van der Waals surface area contributed by atoms with Crippen LogP contribution in [0, 0.1) is 0 Å². The molecular weight excluding hydrogens is 146 g/mol. The van der Waals surface area contributed by atoms with Crippen LogP contribution in [0.3, 0.4) is 0 Å². The standard InChI is InChI=1S/C7H11NOS/c1-7(8,9-2)6-4-3-5-10-6/h3-5H,8H2,1-2H3. The van der Waals surface area contributed by atoms with E-state index in [0.717, 1.165) is 4.88 Å². The Labute approximate surface area is 64.6 Å². The molecule has 0 fully saturated rings. The average molecular weight is 157 g/mol. The Balaban J connectivity index is 2.85. The maximum Gasteiger partial charge on any atom is 0.148 e. The molecule has 0 saturated carbocycles. The molecule has 1 heterocycles. The van der Waals surface area contributed by atoms with Gasteiger partial charge in [0.25, 0.3) is 0 Å². The first-order valence-corrected chi connectivity index (χ1v) is 3.93. The minimum atomic E-state index is -0.617. The lowest BCUT2D eigenvalue weighted by Gasteiger charge is -2.20. The summed E-state index contributed by atoms with van der Waals surface area (Å²) in [6.45, 7) is 1.85. The third-order valence-electron chi connectivity index (χ3n) is 1.43. The molecular formula is C7H11NOS. The highest BCUT2D eigenvalue weighted by Crippen LogP contribution is 2.22. The lowest BCUT2D eigenvalue weighted by Crippen LogP contribution is -2.33. The van der Waals surface area contributed by atoms with Gasteiger partial charge in [0.05, 0.1) is 4.88 Å². The van der Waals surface area contributed by atoms with Crippen molar-refractivity contribution < 1.29 is 4.74 Å². The van der Waals surface area contributed by atoms with Gasteiger partial charge in [-0.05, 0) is 18.4 Å². The molecule has 0 aliphatic heterocycles. The molecule has 0 spiro atoms. The van der Waals surface area contributed by atoms with E-state index < -0.39 is 5.72 Å². The van der Waals surface area contributed by atoms with Gasteiger partial charge >= 0.3 is 0 Å². The number of hydrogen-bond donors (Lipinski definition) is 1. The lowest BCUT2D eigenvalue weighted by atomic mass is 10.2. The molecule has 0 aliphatic rings. The van der Waals surface area contributed by atoms with E-state index >= 15 is 0 Å². The van der Waals surface area contributed by atoms with Crippen molar-refractivity contribution in [1.82, 2.24) is 0 Å². The second-order valence-electron chi connectivity index (χ2n) is 2.29.